The lowest BCUT2D eigenvalue weighted by molar-refractivity contribution is -0.155. The van der Waals surface area contributed by atoms with Gasteiger partial charge in [0.1, 0.15) is 0 Å². The molecule has 0 amide bonds. The summed E-state index contributed by atoms with van der Waals surface area (Å²) in [6.07, 6.45) is 6.69. The lowest BCUT2D eigenvalue weighted by Gasteiger charge is -2.26. The summed E-state index contributed by atoms with van der Waals surface area (Å²) in [5, 5.41) is 0. The summed E-state index contributed by atoms with van der Waals surface area (Å²) in [5.74, 6) is 1.90. The van der Waals surface area contributed by atoms with Gasteiger partial charge in [-0.25, -0.2) is 0 Å². The lowest BCUT2D eigenvalue weighted by atomic mass is 9.96. The summed E-state index contributed by atoms with van der Waals surface area (Å²) in [4.78, 5) is 11.4. The highest BCUT2D eigenvalue weighted by molar-refractivity contribution is 5.73. The fourth-order valence-corrected chi connectivity index (χ4v) is 1.45. The van der Waals surface area contributed by atoms with Crippen molar-refractivity contribution in [2.45, 2.75) is 25.9 Å². The standard InChI is InChI=1S/C10H14O3/c1-3-6-13-10(11)9-5-4-7-12-8(9)2/h1,8-9H,4-7H2,2H3. The van der Waals surface area contributed by atoms with Crippen LogP contribution in [0.25, 0.3) is 0 Å². The number of esters is 1. The minimum Gasteiger partial charge on any atom is -0.452 e. The van der Waals surface area contributed by atoms with E-state index in [4.69, 9.17) is 15.9 Å². The topological polar surface area (TPSA) is 35.5 Å². The molecule has 0 saturated carbocycles. The van der Waals surface area contributed by atoms with Gasteiger partial charge in [0, 0.05) is 6.61 Å². The van der Waals surface area contributed by atoms with E-state index in [0.29, 0.717) is 0 Å². The van der Waals surface area contributed by atoms with Crippen molar-refractivity contribution in [1.82, 2.24) is 0 Å². The minimum absolute atomic E-state index is 0.0426. The normalized spacial score (nSPS) is 27.7. The molecule has 1 saturated heterocycles. The van der Waals surface area contributed by atoms with Crippen LogP contribution in [0.3, 0.4) is 0 Å². The van der Waals surface area contributed by atoms with Gasteiger partial charge in [-0.15, -0.1) is 6.42 Å². The van der Waals surface area contributed by atoms with Gasteiger partial charge in [-0.2, -0.15) is 0 Å². The van der Waals surface area contributed by atoms with E-state index >= 15 is 0 Å². The number of ether oxygens (including phenoxy) is 2. The van der Waals surface area contributed by atoms with Crippen LogP contribution in [0, 0.1) is 18.3 Å². The first-order chi connectivity index (χ1) is 6.25. The SMILES string of the molecule is C#CCOC(=O)C1CCCOC1C. The first-order valence-corrected chi connectivity index (χ1v) is 4.47. The van der Waals surface area contributed by atoms with Crippen LogP contribution in [0.5, 0.6) is 0 Å². The van der Waals surface area contributed by atoms with Crippen molar-refractivity contribution in [3.63, 3.8) is 0 Å². The molecular formula is C10H14O3. The fraction of sp³-hybridized carbons (Fsp3) is 0.700. The van der Waals surface area contributed by atoms with Crippen molar-refractivity contribution in [2.75, 3.05) is 13.2 Å². The number of hydrogen-bond donors (Lipinski definition) is 0. The number of hydrogen-bond acceptors (Lipinski definition) is 3. The Morgan fingerprint density at radius 1 is 1.77 bits per heavy atom. The highest BCUT2D eigenvalue weighted by atomic mass is 16.5. The van der Waals surface area contributed by atoms with Gasteiger partial charge >= 0.3 is 5.97 Å². The highest BCUT2D eigenvalue weighted by Crippen LogP contribution is 2.21. The lowest BCUT2D eigenvalue weighted by Crippen LogP contribution is -2.34. The molecule has 1 rings (SSSR count). The Hall–Kier alpha value is -1.01. The van der Waals surface area contributed by atoms with Gasteiger partial charge in [0.2, 0.25) is 0 Å². The summed E-state index contributed by atoms with van der Waals surface area (Å²) < 4.78 is 10.2. The average Bonchev–Trinajstić information content (AvgIpc) is 2.15. The van der Waals surface area contributed by atoms with Crippen molar-refractivity contribution in [1.29, 1.82) is 0 Å². The van der Waals surface area contributed by atoms with Crippen LogP contribution >= 0.6 is 0 Å². The molecule has 0 spiro atoms. The van der Waals surface area contributed by atoms with Gasteiger partial charge in [0.05, 0.1) is 12.0 Å². The Bertz CT molecular complexity index is 217. The van der Waals surface area contributed by atoms with E-state index in [1.165, 1.54) is 0 Å². The average molecular weight is 182 g/mol. The number of carbonyl (C=O) groups excluding carboxylic acids is 1. The molecule has 2 unspecified atom stereocenters. The Balaban J connectivity index is 2.40. The second kappa shape index (κ2) is 4.88. The number of rotatable bonds is 2. The van der Waals surface area contributed by atoms with Gasteiger partial charge in [0.25, 0.3) is 0 Å². The molecule has 0 aromatic rings. The molecule has 1 aliphatic heterocycles. The summed E-state index contributed by atoms with van der Waals surface area (Å²) in [5.41, 5.74) is 0. The predicted octanol–water partition coefficient (Wildman–Crippen LogP) is 0.978. The van der Waals surface area contributed by atoms with Crippen LogP contribution in [0.1, 0.15) is 19.8 Å². The first kappa shape index (κ1) is 10.1. The Morgan fingerprint density at radius 3 is 3.15 bits per heavy atom. The largest absolute Gasteiger partial charge is 0.452 e. The van der Waals surface area contributed by atoms with Gasteiger partial charge in [-0.3, -0.25) is 4.79 Å². The van der Waals surface area contributed by atoms with Crippen molar-refractivity contribution in [3.05, 3.63) is 0 Å². The van der Waals surface area contributed by atoms with Gasteiger partial charge in [0.15, 0.2) is 6.61 Å². The maximum atomic E-state index is 11.4. The molecule has 1 heterocycles. The van der Waals surface area contributed by atoms with E-state index in [9.17, 15) is 4.79 Å². The van der Waals surface area contributed by atoms with Crippen LogP contribution < -0.4 is 0 Å². The molecule has 1 aliphatic rings. The molecule has 0 aliphatic carbocycles. The third-order valence-electron chi connectivity index (χ3n) is 2.21. The maximum Gasteiger partial charge on any atom is 0.312 e. The van der Waals surface area contributed by atoms with Crippen LogP contribution in [-0.4, -0.2) is 25.3 Å². The molecule has 0 N–H and O–H groups in total. The molecule has 3 nitrogen and oxygen atoms in total. The first-order valence-electron chi connectivity index (χ1n) is 4.47. The number of carbonyl (C=O) groups is 1. The molecule has 0 radical (unpaired) electrons. The summed E-state index contributed by atoms with van der Waals surface area (Å²) in [7, 11) is 0. The van der Waals surface area contributed by atoms with Crippen LogP contribution in [0.2, 0.25) is 0 Å². The molecule has 13 heavy (non-hydrogen) atoms. The zero-order valence-electron chi connectivity index (χ0n) is 7.79. The molecule has 1 fully saturated rings. The molecule has 2 atom stereocenters. The van der Waals surface area contributed by atoms with E-state index in [-0.39, 0.29) is 24.6 Å². The summed E-state index contributed by atoms with van der Waals surface area (Å²) >= 11 is 0. The van der Waals surface area contributed by atoms with Crippen molar-refractivity contribution in [2.24, 2.45) is 5.92 Å². The molecule has 72 valence electrons. The van der Waals surface area contributed by atoms with Crippen LogP contribution in [0.15, 0.2) is 0 Å². The molecule has 0 bridgehead atoms. The third-order valence-corrected chi connectivity index (χ3v) is 2.21. The molecule has 0 aromatic heterocycles. The van der Waals surface area contributed by atoms with Gasteiger partial charge in [-0.1, -0.05) is 5.92 Å². The van der Waals surface area contributed by atoms with Crippen LogP contribution in [-0.2, 0) is 14.3 Å². The quantitative estimate of drug-likeness (QED) is 0.471. The second-order valence-electron chi connectivity index (χ2n) is 3.14. The van der Waals surface area contributed by atoms with Gasteiger partial charge in [-0.05, 0) is 19.8 Å². The summed E-state index contributed by atoms with van der Waals surface area (Å²) in [6, 6.07) is 0. The fourth-order valence-electron chi connectivity index (χ4n) is 1.45. The van der Waals surface area contributed by atoms with Crippen LogP contribution in [0.4, 0.5) is 0 Å². The minimum atomic E-state index is -0.231. The molecular weight excluding hydrogens is 168 g/mol. The van der Waals surface area contributed by atoms with E-state index in [2.05, 4.69) is 5.92 Å². The Labute approximate surface area is 78.4 Å². The Kier molecular flexibility index (Phi) is 3.78. The monoisotopic (exact) mass is 182 g/mol. The number of terminal acetylenes is 1. The van der Waals surface area contributed by atoms with Crippen molar-refractivity contribution in [3.8, 4) is 12.3 Å². The van der Waals surface area contributed by atoms with Gasteiger partial charge < -0.3 is 9.47 Å². The summed E-state index contributed by atoms with van der Waals surface area (Å²) in [6.45, 7) is 2.68. The Morgan fingerprint density at radius 2 is 2.54 bits per heavy atom. The van der Waals surface area contributed by atoms with Crippen molar-refractivity contribution < 1.29 is 14.3 Å². The molecule has 0 aromatic carbocycles. The maximum absolute atomic E-state index is 11.4. The van der Waals surface area contributed by atoms with E-state index < -0.39 is 0 Å². The third kappa shape index (κ3) is 2.74. The zero-order valence-corrected chi connectivity index (χ0v) is 7.79. The van der Waals surface area contributed by atoms with E-state index in [0.717, 1.165) is 19.4 Å². The smallest absolute Gasteiger partial charge is 0.312 e. The van der Waals surface area contributed by atoms with E-state index in [1.54, 1.807) is 0 Å². The van der Waals surface area contributed by atoms with E-state index in [1.807, 2.05) is 6.92 Å². The zero-order chi connectivity index (χ0) is 9.68. The second-order valence-corrected chi connectivity index (χ2v) is 3.14. The molecule has 3 heteroatoms. The van der Waals surface area contributed by atoms with Crippen molar-refractivity contribution >= 4 is 5.97 Å². The predicted molar refractivity (Wildman–Crippen MR) is 47.9 cm³/mol. The highest BCUT2D eigenvalue weighted by Gasteiger charge is 2.29.